The van der Waals surface area contributed by atoms with E-state index in [2.05, 4.69) is 19.1 Å². The van der Waals surface area contributed by atoms with E-state index in [1.807, 2.05) is 0 Å². The molecule has 0 saturated carbocycles. The second-order valence-electron chi connectivity index (χ2n) is 1.79. The van der Waals surface area contributed by atoms with Gasteiger partial charge in [-0.1, -0.05) is 12.2 Å². The zero-order valence-corrected chi connectivity index (χ0v) is 4.55. The van der Waals surface area contributed by atoms with Crippen LogP contribution >= 0.6 is 0 Å². The summed E-state index contributed by atoms with van der Waals surface area (Å²) in [5.41, 5.74) is 0. The number of ether oxygens (including phenoxy) is 1. The maximum atomic E-state index is 5.19. The third kappa shape index (κ3) is 1.32. The van der Waals surface area contributed by atoms with E-state index in [1.165, 1.54) is 0 Å². The third-order valence-electron chi connectivity index (χ3n) is 1.07. The fourth-order valence-corrected chi connectivity index (χ4v) is 0.665. The van der Waals surface area contributed by atoms with Crippen LogP contribution in [0.4, 0.5) is 0 Å². The van der Waals surface area contributed by atoms with Crippen molar-refractivity contribution in [3.8, 4) is 0 Å². The lowest BCUT2D eigenvalue weighted by Crippen LogP contribution is -2.08. The van der Waals surface area contributed by atoms with E-state index >= 15 is 0 Å². The van der Waals surface area contributed by atoms with Crippen molar-refractivity contribution in [2.75, 3.05) is 6.61 Å². The largest absolute Gasteiger partial charge is 0.374 e. The minimum atomic E-state index is 0.355. The molecule has 0 aromatic heterocycles. The summed E-state index contributed by atoms with van der Waals surface area (Å²) < 4.78 is 5.19. The molecule has 1 heterocycles. The minimum Gasteiger partial charge on any atom is -0.374 e. The average molecular weight is 98.1 g/mol. The maximum absolute atomic E-state index is 5.19. The second kappa shape index (κ2) is 2.12. The van der Waals surface area contributed by atoms with Gasteiger partial charge in [-0.15, -0.1) is 0 Å². The van der Waals surface area contributed by atoms with Gasteiger partial charge in [-0.3, -0.25) is 0 Å². The monoisotopic (exact) mass is 98.1 g/mol. The van der Waals surface area contributed by atoms with Crippen molar-refractivity contribution in [3.63, 3.8) is 0 Å². The Balaban J connectivity index is 2.36. The Kier molecular flexibility index (Phi) is 1.47. The molecule has 0 aliphatic carbocycles. The zero-order valence-electron chi connectivity index (χ0n) is 4.55. The first-order valence-corrected chi connectivity index (χ1v) is 2.68. The van der Waals surface area contributed by atoms with Crippen LogP contribution in [0.2, 0.25) is 0 Å². The average Bonchev–Trinajstić information content (AvgIpc) is 1.69. The lowest BCUT2D eigenvalue weighted by Gasteiger charge is -2.10. The van der Waals surface area contributed by atoms with Gasteiger partial charge in [-0.2, -0.15) is 0 Å². The van der Waals surface area contributed by atoms with Crippen molar-refractivity contribution < 1.29 is 4.74 Å². The first-order valence-electron chi connectivity index (χ1n) is 2.68. The van der Waals surface area contributed by atoms with Crippen molar-refractivity contribution in [1.29, 1.82) is 0 Å². The SMILES string of the molecule is C[C@H]1C=CCCO1. The molecule has 0 aromatic carbocycles. The minimum absolute atomic E-state index is 0.355. The topological polar surface area (TPSA) is 9.23 Å². The lowest BCUT2D eigenvalue weighted by molar-refractivity contribution is 0.0925. The van der Waals surface area contributed by atoms with Gasteiger partial charge in [0.15, 0.2) is 0 Å². The van der Waals surface area contributed by atoms with Gasteiger partial charge in [0.25, 0.3) is 0 Å². The molecule has 1 aliphatic heterocycles. The van der Waals surface area contributed by atoms with Crippen molar-refractivity contribution in [2.45, 2.75) is 19.4 Å². The maximum Gasteiger partial charge on any atom is 0.0727 e. The van der Waals surface area contributed by atoms with Gasteiger partial charge < -0.3 is 4.74 Å². The van der Waals surface area contributed by atoms with Crippen LogP contribution in [0.15, 0.2) is 12.2 Å². The van der Waals surface area contributed by atoms with Crippen LogP contribution in [-0.2, 0) is 4.74 Å². The summed E-state index contributed by atoms with van der Waals surface area (Å²) in [7, 11) is 0. The Bertz CT molecular complexity index is 76.2. The van der Waals surface area contributed by atoms with Crippen LogP contribution in [0.25, 0.3) is 0 Å². The molecule has 1 nitrogen and oxygen atoms in total. The first kappa shape index (κ1) is 4.85. The molecule has 1 atom stereocenters. The molecule has 1 aliphatic rings. The summed E-state index contributed by atoms with van der Waals surface area (Å²) >= 11 is 0. The van der Waals surface area contributed by atoms with Gasteiger partial charge in [0.2, 0.25) is 0 Å². The fourth-order valence-electron chi connectivity index (χ4n) is 0.665. The van der Waals surface area contributed by atoms with Crippen molar-refractivity contribution >= 4 is 0 Å². The van der Waals surface area contributed by atoms with E-state index in [-0.39, 0.29) is 0 Å². The van der Waals surface area contributed by atoms with Gasteiger partial charge in [0.05, 0.1) is 12.7 Å². The predicted molar refractivity (Wildman–Crippen MR) is 29.2 cm³/mol. The molecule has 0 fully saturated rings. The Hall–Kier alpha value is -0.300. The Morgan fingerprint density at radius 2 is 2.57 bits per heavy atom. The van der Waals surface area contributed by atoms with Crippen molar-refractivity contribution in [3.05, 3.63) is 12.2 Å². The van der Waals surface area contributed by atoms with E-state index in [0.29, 0.717) is 6.10 Å². The molecule has 0 amide bonds. The molecule has 1 rings (SSSR count). The van der Waals surface area contributed by atoms with Gasteiger partial charge in [-0.25, -0.2) is 0 Å². The van der Waals surface area contributed by atoms with Crippen LogP contribution in [0.1, 0.15) is 13.3 Å². The van der Waals surface area contributed by atoms with Gasteiger partial charge >= 0.3 is 0 Å². The smallest absolute Gasteiger partial charge is 0.0727 e. The van der Waals surface area contributed by atoms with E-state index in [1.54, 1.807) is 0 Å². The van der Waals surface area contributed by atoms with Gasteiger partial charge in [0.1, 0.15) is 0 Å². The fraction of sp³-hybridized carbons (Fsp3) is 0.667. The van der Waals surface area contributed by atoms with Crippen molar-refractivity contribution in [2.24, 2.45) is 0 Å². The van der Waals surface area contributed by atoms with Crippen LogP contribution in [-0.4, -0.2) is 12.7 Å². The van der Waals surface area contributed by atoms with E-state index in [4.69, 9.17) is 4.74 Å². The molecule has 40 valence electrons. The third-order valence-corrected chi connectivity index (χ3v) is 1.07. The molecule has 0 aromatic rings. The Morgan fingerprint density at radius 3 is 2.86 bits per heavy atom. The molecule has 0 spiro atoms. The highest BCUT2D eigenvalue weighted by Crippen LogP contribution is 2.01. The number of hydrogen-bond donors (Lipinski definition) is 0. The summed E-state index contributed by atoms with van der Waals surface area (Å²) in [6.45, 7) is 2.95. The molecular weight excluding hydrogens is 88.1 g/mol. The van der Waals surface area contributed by atoms with Crippen LogP contribution in [0.5, 0.6) is 0 Å². The lowest BCUT2D eigenvalue weighted by atomic mass is 10.3. The second-order valence-corrected chi connectivity index (χ2v) is 1.79. The van der Waals surface area contributed by atoms with E-state index < -0.39 is 0 Å². The molecule has 0 N–H and O–H groups in total. The zero-order chi connectivity index (χ0) is 5.11. The molecule has 0 radical (unpaired) electrons. The molecule has 1 heteroatoms. The predicted octanol–water partition coefficient (Wildman–Crippen LogP) is 1.35. The van der Waals surface area contributed by atoms with Crippen molar-refractivity contribution in [1.82, 2.24) is 0 Å². The number of hydrogen-bond acceptors (Lipinski definition) is 1. The summed E-state index contributed by atoms with van der Waals surface area (Å²) in [6, 6.07) is 0. The first-order chi connectivity index (χ1) is 3.39. The summed E-state index contributed by atoms with van der Waals surface area (Å²) in [5.74, 6) is 0. The molecular formula is C6H10O. The van der Waals surface area contributed by atoms with Gasteiger partial charge in [-0.05, 0) is 13.3 Å². The van der Waals surface area contributed by atoms with Crippen LogP contribution in [0, 0.1) is 0 Å². The molecule has 0 unspecified atom stereocenters. The Labute approximate surface area is 44.0 Å². The summed E-state index contributed by atoms with van der Waals surface area (Å²) in [6.07, 6.45) is 5.69. The summed E-state index contributed by atoms with van der Waals surface area (Å²) in [5, 5.41) is 0. The van der Waals surface area contributed by atoms with E-state index in [9.17, 15) is 0 Å². The molecule has 7 heavy (non-hydrogen) atoms. The van der Waals surface area contributed by atoms with Crippen LogP contribution < -0.4 is 0 Å². The molecule has 0 saturated heterocycles. The summed E-state index contributed by atoms with van der Waals surface area (Å²) in [4.78, 5) is 0. The highest BCUT2D eigenvalue weighted by atomic mass is 16.5. The standard InChI is InChI=1S/C6H10O/c1-6-4-2-3-5-7-6/h2,4,6H,3,5H2,1H3/t6-/m0/s1. The highest BCUT2D eigenvalue weighted by molar-refractivity contribution is 4.90. The quantitative estimate of drug-likeness (QED) is 0.415. The molecule has 0 bridgehead atoms. The Morgan fingerprint density at radius 1 is 1.71 bits per heavy atom. The number of rotatable bonds is 0. The van der Waals surface area contributed by atoms with Crippen LogP contribution in [0.3, 0.4) is 0 Å². The van der Waals surface area contributed by atoms with Gasteiger partial charge in [0, 0.05) is 0 Å². The highest BCUT2D eigenvalue weighted by Gasteiger charge is 1.98. The van der Waals surface area contributed by atoms with E-state index in [0.717, 1.165) is 13.0 Å². The normalized spacial score (nSPS) is 30.7.